The number of amides is 1. The van der Waals surface area contributed by atoms with Gasteiger partial charge in [-0.3, -0.25) is 4.79 Å². The van der Waals surface area contributed by atoms with Crippen molar-refractivity contribution in [1.29, 1.82) is 0 Å². The van der Waals surface area contributed by atoms with Gasteiger partial charge < -0.3 is 15.4 Å². The summed E-state index contributed by atoms with van der Waals surface area (Å²) in [5, 5.41) is 0. The SMILES string of the molecule is Cc1ccc(C(C)C)c(OCC(=O)N2CCCC(N)C2)c1. The van der Waals surface area contributed by atoms with Gasteiger partial charge in [0.25, 0.3) is 5.91 Å². The molecule has 1 aromatic rings. The fraction of sp³-hybridized carbons (Fsp3) is 0.588. The summed E-state index contributed by atoms with van der Waals surface area (Å²) in [6.45, 7) is 7.82. The largest absolute Gasteiger partial charge is 0.483 e. The zero-order valence-electron chi connectivity index (χ0n) is 13.3. The maximum absolute atomic E-state index is 12.2. The summed E-state index contributed by atoms with van der Waals surface area (Å²) >= 11 is 0. The highest BCUT2D eigenvalue weighted by molar-refractivity contribution is 5.78. The van der Waals surface area contributed by atoms with Gasteiger partial charge in [0.2, 0.25) is 0 Å². The van der Waals surface area contributed by atoms with E-state index in [1.807, 2.05) is 17.9 Å². The Labute approximate surface area is 127 Å². The first-order valence-electron chi connectivity index (χ1n) is 7.74. The second-order valence-corrected chi connectivity index (χ2v) is 6.23. The van der Waals surface area contributed by atoms with Gasteiger partial charge in [0.05, 0.1) is 0 Å². The fourth-order valence-corrected chi connectivity index (χ4v) is 2.71. The molecule has 1 saturated heterocycles. The molecule has 0 aliphatic carbocycles. The number of nitrogens with two attached hydrogens (primary N) is 1. The summed E-state index contributed by atoms with van der Waals surface area (Å²) in [5.74, 6) is 1.22. The van der Waals surface area contributed by atoms with Crippen LogP contribution in [0, 0.1) is 6.92 Å². The van der Waals surface area contributed by atoms with E-state index in [-0.39, 0.29) is 18.6 Å². The molecule has 1 aliphatic rings. The number of likely N-dealkylation sites (tertiary alicyclic amines) is 1. The first-order valence-corrected chi connectivity index (χ1v) is 7.74. The molecule has 0 aromatic heterocycles. The van der Waals surface area contributed by atoms with Crippen molar-refractivity contribution in [3.63, 3.8) is 0 Å². The van der Waals surface area contributed by atoms with E-state index in [4.69, 9.17) is 10.5 Å². The lowest BCUT2D eigenvalue weighted by atomic mass is 10.0. The Morgan fingerprint density at radius 3 is 2.90 bits per heavy atom. The summed E-state index contributed by atoms with van der Waals surface area (Å²) in [6.07, 6.45) is 1.98. The van der Waals surface area contributed by atoms with Crippen LogP contribution in [-0.2, 0) is 4.79 Å². The van der Waals surface area contributed by atoms with Crippen LogP contribution in [0.3, 0.4) is 0 Å². The van der Waals surface area contributed by atoms with Crippen LogP contribution in [0.1, 0.15) is 43.7 Å². The first kappa shape index (κ1) is 15.8. The second-order valence-electron chi connectivity index (χ2n) is 6.23. The molecule has 0 spiro atoms. The Hall–Kier alpha value is -1.55. The number of piperidine rings is 1. The lowest BCUT2D eigenvalue weighted by molar-refractivity contribution is -0.134. The summed E-state index contributed by atoms with van der Waals surface area (Å²) in [7, 11) is 0. The third kappa shape index (κ3) is 4.21. The number of benzene rings is 1. The van der Waals surface area contributed by atoms with E-state index in [1.54, 1.807) is 0 Å². The number of hydrogen-bond donors (Lipinski definition) is 1. The van der Waals surface area contributed by atoms with Crippen LogP contribution in [0.4, 0.5) is 0 Å². The maximum atomic E-state index is 12.2. The number of aryl methyl sites for hydroxylation is 1. The first-order chi connectivity index (χ1) is 9.97. The number of rotatable bonds is 4. The van der Waals surface area contributed by atoms with Gasteiger partial charge in [-0.05, 0) is 42.9 Å². The predicted molar refractivity (Wildman–Crippen MR) is 84.6 cm³/mol. The van der Waals surface area contributed by atoms with Crippen LogP contribution in [0.2, 0.25) is 0 Å². The van der Waals surface area contributed by atoms with Crippen molar-refractivity contribution < 1.29 is 9.53 Å². The van der Waals surface area contributed by atoms with Crippen LogP contribution in [0.15, 0.2) is 18.2 Å². The molecule has 1 atom stereocenters. The molecule has 0 bridgehead atoms. The standard InChI is InChI=1S/C17H26N2O2/c1-12(2)15-7-6-13(3)9-16(15)21-11-17(20)19-8-4-5-14(18)10-19/h6-7,9,12,14H,4-5,8,10-11,18H2,1-3H3. The average Bonchev–Trinajstić information content (AvgIpc) is 2.44. The van der Waals surface area contributed by atoms with E-state index in [9.17, 15) is 4.79 Å². The Bertz CT molecular complexity index is 500. The van der Waals surface area contributed by atoms with Crippen LogP contribution >= 0.6 is 0 Å². The lowest BCUT2D eigenvalue weighted by Crippen LogP contribution is -2.47. The monoisotopic (exact) mass is 290 g/mol. The number of carbonyl (C=O) groups is 1. The van der Waals surface area contributed by atoms with E-state index in [1.165, 1.54) is 0 Å². The van der Waals surface area contributed by atoms with Gasteiger partial charge in [-0.2, -0.15) is 0 Å². The highest BCUT2D eigenvalue weighted by Gasteiger charge is 2.21. The maximum Gasteiger partial charge on any atom is 0.260 e. The minimum Gasteiger partial charge on any atom is -0.483 e. The predicted octanol–water partition coefficient (Wildman–Crippen LogP) is 2.45. The van der Waals surface area contributed by atoms with Gasteiger partial charge in [0.1, 0.15) is 5.75 Å². The normalized spacial score (nSPS) is 18.9. The van der Waals surface area contributed by atoms with Gasteiger partial charge in [0, 0.05) is 19.1 Å². The van der Waals surface area contributed by atoms with Crippen LogP contribution in [0.25, 0.3) is 0 Å². The highest BCUT2D eigenvalue weighted by Crippen LogP contribution is 2.27. The highest BCUT2D eigenvalue weighted by atomic mass is 16.5. The molecule has 0 saturated carbocycles. The van der Waals surface area contributed by atoms with Crippen molar-refractivity contribution in [3.05, 3.63) is 29.3 Å². The van der Waals surface area contributed by atoms with Crippen molar-refractivity contribution in [2.75, 3.05) is 19.7 Å². The Kier molecular flexibility index (Phi) is 5.23. The molecule has 1 amide bonds. The molecule has 1 fully saturated rings. The summed E-state index contributed by atoms with van der Waals surface area (Å²) in [4.78, 5) is 14.0. The fourth-order valence-electron chi connectivity index (χ4n) is 2.71. The molecule has 4 nitrogen and oxygen atoms in total. The minimum atomic E-state index is 0.0290. The van der Waals surface area contributed by atoms with E-state index in [0.29, 0.717) is 12.5 Å². The molecule has 2 rings (SSSR count). The number of carbonyl (C=O) groups excluding carboxylic acids is 1. The van der Waals surface area contributed by atoms with Crippen molar-refractivity contribution >= 4 is 5.91 Å². The minimum absolute atomic E-state index is 0.0290. The summed E-state index contributed by atoms with van der Waals surface area (Å²) in [6, 6.07) is 6.27. The Balaban J connectivity index is 1.99. The van der Waals surface area contributed by atoms with Gasteiger partial charge in [0.15, 0.2) is 6.61 Å². The molecule has 0 radical (unpaired) electrons. The molecule has 1 aromatic carbocycles. The van der Waals surface area contributed by atoms with Gasteiger partial charge in [-0.15, -0.1) is 0 Å². The van der Waals surface area contributed by atoms with Gasteiger partial charge >= 0.3 is 0 Å². The lowest BCUT2D eigenvalue weighted by Gasteiger charge is -2.30. The zero-order chi connectivity index (χ0) is 15.4. The number of ether oxygens (including phenoxy) is 1. The van der Waals surface area contributed by atoms with E-state index < -0.39 is 0 Å². The molecule has 4 heteroatoms. The Morgan fingerprint density at radius 2 is 2.24 bits per heavy atom. The molecular formula is C17H26N2O2. The van der Waals surface area contributed by atoms with Crippen molar-refractivity contribution in [2.45, 2.75) is 45.6 Å². The van der Waals surface area contributed by atoms with E-state index in [2.05, 4.69) is 26.0 Å². The zero-order valence-corrected chi connectivity index (χ0v) is 13.3. The molecule has 1 heterocycles. The van der Waals surface area contributed by atoms with Crippen LogP contribution in [0.5, 0.6) is 5.75 Å². The molecule has 1 unspecified atom stereocenters. The summed E-state index contributed by atoms with van der Waals surface area (Å²) in [5.41, 5.74) is 8.20. The third-order valence-corrected chi connectivity index (χ3v) is 3.95. The molecule has 116 valence electrons. The average molecular weight is 290 g/mol. The second kappa shape index (κ2) is 6.94. The van der Waals surface area contributed by atoms with Crippen LogP contribution in [-0.4, -0.2) is 36.5 Å². The Morgan fingerprint density at radius 1 is 1.48 bits per heavy atom. The summed E-state index contributed by atoms with van der Waals surface area (Å²) < 4.78 is 5.80. The van der Waals surface area contributed by atoms with Crippen molar-refractivity contribution in [1.82, 2.24) is 4.90 Å². The van der Waals surface area contributed by atoms with E-state index >= 15 is 0 Å². The molecule has 1 aliphatic heterocycles. The van der Waals surface area contributed by atoms with Crippen LogP contribution < -0.4 is 10.5 Å². The van der Waals surface area contributed by atoms with Crippen molar-refractivity contribution in [2.24, 2.45) is 5.73 Å². The number of hydrogen-bond acceptors (Lipinski definition) is 3. The van der Waals surface area contributed by atoms with E-state index in [0.717, 1.165) is 36.3 Å². The molecule has 2 N–H and O–H groups in total. The van der Waals surface area contributed by atoms with Gasteiger partial charge in [-0.1, -0.05) is 26.0 Å². The smallest absolute Gasteiger partial charge is 0.260 e. The molecule has 21 heavy (non-hydrogen) atoms. The van der Waals surface area contributed by atoms with Gasteiger partial charge in [-0.25, -0.2) is 0 Å². The third-order valence-electron chi connectivity index (χ3n) is 3.95. The topological polar surface area (TPSA) is 55.6 Å². The molecular weight excluding hydrogens is 264 g/mol. The quantitative estimate of drug-likeness (QED) is 0.926. The number of nitrogens with zero attached hydrogens (tertiary/aromatic N) is 1. The van der Waals surface area contributed by atoms with Crippen molar-refractivity contribution in [3.8, 4) is 5.75 Å².